The number of likely N-dealkylation sites (N-methyl/N-ethyl adjacent to an activating group) is 1. The van der Waals surface area contributed by atoms with Gasteiger partial charge in [-0.15, -0.1) is 11.3 Å². The zero-order valence-electron chi connectivity index (χ0n) is 10.3. The topological polar surface area (TPSA) is 12.0 Å². The molecule has 1 heterocycles. The lowest BCUT2D eigenvalue weighted by atomic mass is 9.73. The number of nitrogens with one attached hydrogen (secondary N) is 1. The van der Waals surface area contributed by atoms with Crippen LogP contribution in [0.3, 0.4) is 0 Å². The molecule has 18 heavy (non-hydrogen) atoms. The molecule has 2 atom stereocenters. The van der Waals surface area contributed by atoms with Crippen LogP contribution in [0.4, 0.5) is 0 Å². The summed E-state index contributed by atoms with van der Waals surface area (Å²) in [6.07, 6.45) is 1.15. The number of hydrogen-bond donors (Lipinski definition) is 1. The third kappa shape index (κ3) is 1.99. The lowest BCUT2D eigenvalue weighted by molar-refractivity contribution is 0.425. The fourth-order valence-electron chi connectivity index (χ4n) is 2.76. The number of rotatable bonds is 4. The van der Waals surface area contributed by atoms with Crippen LogP contribution < -0.4 is 5.32 Å². The van der Waals surface area contributed by atoms with Crippen molar-refractivity contribution in [1.29, 1.82) is 0 Å². The van der Waals surface area contributed by atoms with E-state index in [4.69, 9.17) is 11.6 Å². The van der Waals surface area contributed by atoms with E-state index in [0.717, 1.165) is 18.0 Å². The first-order valence-electron chi connectivity index (χ1n) is 6.35. The van der Waals surface area contributed by atoms with Crippen molar-refractivity contribution in [2.45, 2.75) is 25.3 Å². The average molecular weight is 278 g/mol. The van der Waals surface area contributed by atoms with E-state index in [1.54, 1.807) is 11.3 Å². The molecule has 1 N–H and O–H groups in total. The molecule has 1 aromatic carbocycles. The van der Waals surface area contributed by atoms with Crippen LogP contribution in [0.2, 0.25) is 5.02 Å². The summed E-state index contributed by atoms with van der Waals surface area (Å²) in [6.45, 7) is 3.12. The largest absolute Gasteiger partial charge is 0.309 e. The summed E-state index contributed by atoms with van der Waals surface area (Å²) < 4.78 is 0. The van der Waals surface area contributed by atoms with Gasteiger partial charge in [0.15, 0.2) is 0 Å². The number of fused-ring (bicyclic) bond motifs is 1. The molecule has 0 saturated heterocycles. The maximum absolute atomic E-state index is 6.29. The van der Waals surface area contributed by atoms with Crippen LogP contribution >= 0.6 is 22.9 Å². The Labute approximate surface area is 117 Å². The minimum atomic E-state index is 0.359. The maximum Gasteiger partial charge on any atom is 0.0561 e. The molecular weight excluding hydrogens is 262 g/mol. The third-order valence-electron chi connectivity index (χ3n) is 3.65. The van der Waals surface area contributed by atoms with Gasteiger partial charge in [0.25, 0.3) is 0 Å². The molecule has 3 rings (SSSR count). The van der Waals surface area contributed by atoms with Crippen molar-refractivity contribution < 1.29 is 0 Å². The second-order valence-electron chi connectivity index (χ2n) is 4.68. The van der Waals surface area contributed by atoms with Crippen molar-refractivity contribution in [3.8, 4) is 0 Å². The van der Waals surface area contributed by atoms with Crippen molar-refractivity contribution in [1.82, 2.24) is 5.32 Å². The maximum atomic E-state index is 6.29. The summed E-state index contributed by atoms with van der Waals surface area (Å²) in [7, 11) is 0. The van der Waals surface area contributed by atoms with Gasteiger partial charge in [-0.3, -0.25) is 0 Å². The highest BCUT2D eigenvalue weighted by molar-refractivity contribution is 7.10. The fourth-order valence-corrected chi connectivity index (χ4v) is 4.07. The summed E-state index contributed by atoms with van der Waals surface area (Å²) in [6, 6.07) is 11.1. The molecular formula is C15H16ClNS. The van der Waals surface area contributed by atoms with Gasteiger partial charge in [-0.25, -0.2) is 0 Å². The molecule has 0 bridgehead atoms. The standard InChI is InChI=1S/C15H16ClNS/c1-2-17-14(15-13(16)7-8-18-15)12-9-10-5-3-4-6-11(10)12/h3-8,12,14,17H,2,9H2,1H3. The van der Waals surface area contributed by atoms with E-state index in [-0.39, 0.29) is 0 Å². The second-order valence-corrected chi connectivity index (χ2v) is 6.03. The molecule has 0 saturated carbocycles. The molecule has 0 fully saturated rings. The lowest BCUT2D eigenvalue weighted by Gasteiger charge is -2.36. The van der Waals surface area contributed by atoms with Gasteiger partial charge in [0, 0.05) is 10.8 Å². The van der Waals surface area contributed by atoms with E-state index in [1.807, 2.05) is 6.07 Å². The minimum Gasteiger partial charge on any atom is -0.309 e. The van der Waals surface area contributed by atoms with Crippen molar-refractivity contribution >= 4 is 22.9 Å². The summed E-state index contributed by atoms with van der Waals surface area (Å²) in [5.74, 6) is 0.567. The van der Waals surface area contributed by atoms with Crippen LogP contribution in [0.1, 0.15) is 34.9 Å². The zero-order chi connectivity index (χ0) is 12.5. The van der Waals surface area contributed by atoms with Gasteiger partial charge in [0.05, 0.1) is 11.1 Å². The molecule has 0 amide bonds. The molecule has 94 valence electrons. The van der Waals surface area contributed by atoms with Gasteiger partial charge in [-0.1, -0.05) is 42.8 Å². The van der Waals surface area contributed by atoms with Gasteiger partial charge in [-0.05, 0) is 35.5 Å². The molecule has 0 spiro atoms. The zero-order valence-corrected chi connectivity index (χ0v) is 11.9. The Hall–Kier alpha value is -0.830. The van der Waals surface area contributed by atoms with Crippen LogP contribution in [-0.4, -0.2) is 6.54 Å². The Morgan fingerprint density at radius 3 is 2.89 bits per heavy atom. The number of benzene rings is 1. The monoisotopic (exact) mass is 277 g/mol. The summed E-state index contributed by atoms with van der Waals surface area (Å²) >= 11 is 8.05. The molecule has 0 radical (unpaired) electrons. The predicted molar refractivity (Wildman–Crippen MR) is 78.6 cm³/mol. The Kier molecular flexibility index (Phi) is 3.42. The molecule has 1 aromatic heterocycles. The predicted octanol–water partition coefficient (Wildman–Crippen LogP) is 4.39. The minimum absolute atomic E-state index is 0.359. The first-order chi connectivity index (χ1) is 8.81. The molecule has 1 aliphatic rings. The van der Waals surface area contributed by atoms with E-state index in [2.05, 4.69) is 41.9 Å². The Morgan fingerprint density at radius 2 is 2.22 bits per heavy atom. The van der Waals surface area contributed by atoms with Crippen LogP contribution in [0, 0.1) is 0 Å². The third-order valence-corrected chi connectivity index (χ3v) is 5.09. The highest BCUT2D eigenvalue weighted by Crippen LogP contribution is 2.46. The molecule has 0 aliphatic heterocycles. The first-order valence-corrected chi connectivity index (χ1v) is 7.61. The van der Waals surface area contributed by atoms with Crippen molar-refractivity contribution in [3.05, 3.63) is 56.7 Å². The Morgan fingerprint density at radius 1 is 1.39 bits per heavy atom. The Balaban J connectivity index is 1.91. The SMILES string of the molecule is CCNC(c1sccc1Cl)C1Cc2ccccc21. The van der Waals surface area contributed by atoms with Crippen LogP contribution in [0.25, 0.3) is 0 Å². The number of thiophene rings is 1. The van der Waals surface area contributed by atoms with E-state index in [0.29, 0.717) is 12.0 Å². The van der Waals surface area contributed by atoms with Crippen LogP contribution in [0.5, 0.6) is 0 Å². The van der Waals surface area contributed by atoms with Crippen molar-refractivity contribution in [3.63, 3.8) is 0 Å². The van der Waals surface area contributed by atoms with Crippen molar-refractivity contribution in [2.24, 2.45) is 0 Å². The number of hydrogen-bond acceptors (Lipinski definition) is 2. The highest BCUT2D eigenvalue weighted by Gasteiger charge is 2.34. The lowest BCUT2D eigenvalue weighted by Crippen LogP contribution is -2.32. The van der Waals surface area contributed by atoms with E-state index >= 15 is 0 Å². The molecule has 2 unspecified atom stereocenters. The normalized spacial score (nSPS) is 19.1. The quantitative estimate of drug-likeness (QED) is 0.874. The highest BCUT2D eigenvalue weighted by atomic mass is 35.5. The Bertz CT molecular complexity index is 549. The average Bonchev–Trinajstić information content (AvgIpc) is 2.76. The first kappa shape index (κ1) is 12.2. The van der Waals surface area contributed by atoms with Gasteiger partial charge in [-0.2, -0.15) is 0 Å². The van der Waals surface area contributed by atoms with Crippen LogP contribution in [-0.2, 0) is 6.42 Å². The van der Waals surface area contributed by atoms with Gasteiger partial charge in [0.1, 0.15) is 0 Å². The fraction of sp³-hybridized carbons (Fsp3) is 0.333. The second kappa shape index (κ2) is 5.04. The van der Waals surface area contributed by atoms with E-state index in [1.165, 1.54) is 16.0 Å². The summed E-state index contributed by atoms with van der Waals surface area (Å²) in [5, 5.41) is 6.57. The number of halogens is 1. The molecule has 1 nitrogen and oxygen atoms in total. The molecule has 1 aliphatic carbocycles. The van der Waals surface area contributed by atoms with E-state index in [9.17, 15) is 0 Å². The van der Waals surface area contributed by atoms with Gasteiger partial charge in [0.2, 0.25) is 0 Å². The van der Waals surface area contributed by atoms with Gasteiger partial charge >= 0.3 is 0 Å². The van der Waals surface area contributed by atoms with Crippen molar-refractivity contribution in [2.75, 3.05) is 6.54 Å². The van der Waals surface area contributed by atoms with E-state index < -0.39 is 0 Å². The molecule has 3 heteroatoms. The summed E-state index contributed by atoms with van der Waals surface area (Å²) in [5.41, 5.74) is 2.96. The van der Waals surface area contributed by atoms with Gasteiger partial charge < -0.3 is 5.32 Å². The molecule has 2 aromatic rings. The summed E-state index contributed by atoms with van der Waals surface area (Å²) in [4.78, 5) is 1.28. The van der Waals surface area contributed by atoms with Crippen LogP contribution in [0.15, 0.2) is 35.7 Å². The smallest absolute Gasteiger partial charge is 0.0561 e.